The number of aromatic nitrogens is 2. The lowest BCUT2D eigenvalue weighted by Gasteiger charge is -2.21. The first-order valence-corrected chi connectivity index (χ1v) is 6.88. The van der Waals surface area contributed by atoms with E-state index in [-0.39, 0.29) is 0 Å². The van der Waals surface area contributed by atoms with E-state index in [1.54, 1.807) is 0 Å². The van der Waals surface area contributed by atoms with E-state index >= 15 is 0 Å². The Bertz CT molecular complexity index is 543. The largest absolute Gasteiger partial charge is 0.310 e. The average Bonchev–Trinajstić information content (AvgIpc) is 2.78. The van der Waals surface area contributed by atoms with Crippen molar-refractivity contribution in [1.29, 1.82) is 0 Å². The normalized spacial score (nSPS) is 12.6. The van der Waals surface area contributed by atoms with Crippen LogP contribution >= 0.6 is 0 Å². The molecule has 1 aromatic heterocycles. The molecule has 0 fully saturated rings. The SMILES string of the molecule is CCNC(Cc1cnn(C)c1)c1cccc(C)c1C. The van der Waals surface area contributed by atoms with Gasteiger partial charge >= 0.3 is 0 Å². The second kappa shape index (κ2) is 6.02. The average molecular weight is 257 g/mol. The molecule has 102 valence electrons. The molecule has 0 aliphatic carbocycles. The smallest absolute Gasteiger partial charge is 0.0522 e. The predicted octanol–water partition coefficient (Wildman–Crippen LogP) is 2.93. The molecule has 2 aromatic rings. The van der Waals surface area contributed by atoms with Gasteiger partial charge in [-0.3, -0.25) is 4.68 Å². The molecule has 1 atom stereocenters. The van der Waals surface area contributed by atoms with Gasteiger partial charge in [0.15, 0.2) is 0 Å². The van der Waals surface area contributed by atoms with E-state index in [1.807, 2.05) is 17.9 Å². The predicted molar refractivity (Wildman–Crippen MR) is 79.2 cm³/mol. The van der Waals surface area contributed by atoms with Crippen molar-refractivity contribution in [1.82, 2.24) is 15.1 Å². The highest BCUT2D eigenvalue weighted by molar-refractivity contribution is 5.36. The third-order valence-corrected chi connectivity index (χ3v) is 3.67. The van der Waals surface area contributed by atoms with Gasteiger partial charge in [-0.2, -0.15) is 5.10 Å². The van der Waals surface area contributed by atoms with Gasteiger partial charge in [0.2, 0.25) is 0 Å². The summed E-state index contributed by atoms with van der Waals surface area (Å²) in [7, 11) is 1.96. The Morgan fingerprint density at radius 1 is 1.32 bits per heavy atom. The van der Waals surface area contributed by atoms with E-state index in [0.717, 1.165) is 13.0 Å². The molecule has 0 spiro atoms. The molecular weight excluding hydrogens is 234 g/mol. The zero-order valence-corrected chi connectivity index (χ0v) is 12.3. The fraction of sp³-hybridized carbons (Fsp3) is 0.438. The maximum Gasteiger partial charge on any atom is 0.0522 e. The van der Waals surface area contributed by atoms with E-state index in [9.17, 15) is 0 Å². The monoisotopic (exact) mass is 257 g/mol. The molecule has 1 unspecified atom stereocenters. The summed E-state index contributed by atoms with van der Waals surface area (Å²) >= 11 is 0. The maximum atomic E-state index is 4.25. The van der Waals surface area contributed by atoms with Crippen LogP contribution in [0.4, 0.5) is 0 Å². The maximum absolute atomic E-state index is 4.25. The molecular formula is C16H23N3. The second-order valence-electron chi connectivity index (χ2n) is 5.13. The van der Waals surface area contributed by atoms with Crippen molar-refractivity contribution in [2.45, 2.75) is 33.2 Å². The summed E-state index contributed by atoms with van der Waals surface area (Å²) < 4.78 is 1.86. The number of benzene rings is 1. The third kappa shape index (κ3) is 3.24. The molecule has 19 heavy (non-hydrogen) atoms. The lowest BCUT2D eigenvalue weighted by molar-refractivity contribution is 0.547. The highest BCUT2D eigenvalue weighted by Crippen LogP contribution is 2.23. The summed E-state index contributed by atoms with van der Waals surface area (Å²) in [5.74, 6) is 0. The van der Waals surface area contributed by atoms with Gasteiger partial charge in [0.05, 0.1) is 6.20 Å². The van der Waals surface area contributed by atoms with E-state index in [4.69, 9.17) is 0 Å². The van der Waals surface area contributed by atoms with Crippen LogP contribution in [-0.2, 0) is 13.5 Å². The van der Waals surface area contributed by atoms with Crippen molar-refractivity contribution in [3.63, 3.8) is 0 Å². The zero-order chi connectivity index (χ0) is 13.8. The van der Waals surface area contributed by atoms with E-state index < -0.39 is 0 Å². The van der Waals surface area contributed by atoms with Crippen molar-refractivity contribution >= 4 is 0 Å². The fourth-order valence-corrected chi connectivity index (χ4v) is 2.50. The number of rotatable bonds is 5. The van der Waals surface area contributed by atoms with Crippen LogP contribution in [0.15, 0.2) is 30.6 Å². The first-order chi connectivity index (χ1) is 9.11. The summed E-state index contributed by atoms with van der Waals surface area (Å²) in [5, 5.41) is 7.84. The standard InChI is InChI=1S/C16H23N3/c1-5-17-16(9-14-10-18-19(4)11-14)15-8-6-7-12(2)13(15)3/h6-8,10-11,16-17H,5,9H2,1-4H3. The number of aryl methyl sites for hydroxylation is 2. The van der Waals surface area contributed by atoms with Gasteiger partial charge < -0.3 is 5.32 Å². The number of nitrogens with zero attached hydrogens (tertiary/aromatic N) is 2. The van der Waals surface area contributed by atoms with Gasteiger partial charge in [-0.15, -0.1) is 0 Å². The van der Waals surface area contributed by atoms with Crippen molar-refractivity contribution in [2.75, 3.05) is 6.54 Å². The van der Waals surface area contributed by atoms with Crippen molar-refractivity contribution < 1.29 is 0 Å². The van der Waals surface area contributed by atoms with Crippen LogP contribution in [0.2, 0.25) is 0 Å². The highest BCUT2D eigenvalue weighted by Gasteiger charge is 2.15. The lowest BCUT2D eigenvalue weighted by atomic mass is 9.94. The summed E-state index contributed by atoms with van der Waals surface area (Å²) in [6.07, 6.45) is 5.02. The van der Waals surface area contributed by atoms with Crippen LogP contribution in [0.1, 0.15) is 35.2 Å². The molecule has 3 nitrogen and oxygen atoms in total. The second-order valence-corrected chi connectivity index (χ2v) is 5.13. The van der Waals surface area contributed by atoms with Gasteiger partial charge in [0.25, 0.3) is 0 Å². The van der Waals surface area contributed by atoms with E-state index in [1.165, 1.54) is 22.3 Å². The topological polar surface area (TPSA) is 29.9 Å². The molecule has 0 amide bonds. The summed E-state index contributed by atoms with van der Waals surface area (Å²) in [4.78, 5) is 0. The quantitative estimate of drug-likeness (QED) is 0.892. The van der Waals surface area contributed by atoms with Crippen LogP contribution in [0.25, 0.3) is 0 Å². The Morgan fingerprint density at radius 3 is 2.74 bits per heavy atom. The van der Waals surface area contributed by atoms with Gasteiger partial charge in [0, 0.05) is 19.3 Å². The number of likely N-dealkylation sites (N-methyl/N-ethyl adjacent to an activating group) is 1. The van der Waals surface area contributed by atoms with E-state index in [2.05, 4.69) is 55.6 Å². The number of hydrogen-bond acceptors (Lipinski definition) is 2. The molecule has 2 rings (SSSR count). The lowest BCUT2D eigenvalue weighted by Crippen LogP contribution is -2.23. The molecule has 1 N–H and O–H groups in total. The van der Waals surface area contributed by atoms with Crippen molar-refractivity contribution in [2.24, 2.45) is 7.05 Å². The van der Waals surface area contributed by atoms with Gasteiger partial charge in [-0.05, 0) is 49.1 Å². The van der Waals surface area contributed by atoms with Gasteiger partial charge in [-0.25, -0.2) is 0 Å². The molecule has 0 aliphatic rings. The fourth-order valence-electron chi connectivity index (χ4n) is 2.50. The van der Waals surface area contributed by atoms with Crippen LogP contribution in [-0.4, -0.2) is 16.3 Å². The Labute approximate surface area is 115 Å². The zero-order valence-electron chi connectivity index (χ0n) is 12.3. The molecule has 0 saturated heterocycles. The Kier molecular flexibility index (Phi) is 4.38. The molecule has 0 bridgehead atoms. The summed E-state index contributed by atoms with van der Waals surface area (Å²) in [5.41, 5.74) is 5.41. The molecule has 3 heteroatoms. The van der Waals surface area contributed by atoms with E-state index in [0.29, 0.717) is 6.04 Å². The minimum atomic E-state index is 0.356. The summed E-state index contributed by atoms with van der Waals surface area (Å²) in [6.45, 7) is 7.50. The molecule has 0 aliphatic heterocycles. The molecule has 1 aromatic carbocycles. The number of hydrogen-bond donors (Lipinski definition) is 1. The Balaban J connectivity index is 2.26. The summed E-state index contributed by atoms with van der Waals surface area (Å²) in [6, 6.07) is 6.90. The van der Waals surface area contributed by atoms with Gasteiger partial charge in [-0.1, -0.05) is 25.1 Å². The van der Waals surface area contributed by atoms with Crippen LogP contribution in [0.3, 0.4) is 0 Å². The molecule has 1 heterocycles. The third-order valence-electron chi connectivity index (χ3n) is 3.67. The van der Waals surface area contributed by atoms with Crippen LogP contribution in [0.5, 0.6) is 0 Å². The first kappa shape index (κ1) is 13.8. The van der Waals surface area contributed by atoms with Crippen LogP contribution in [0, 0.1) is 13.8 Å². The number of nitrogens with one attached hydrogen (secondary N) is 1. The van der Waals surface area contributed by atoms with Gasteiger partial charge in [0.1, 0.15) is 0 Å². The Morgan fingerprint density at radius 2 is 2.11 bits per heavy atom. The van der Waals surface area contributed by atoms with Crippen molar-refractivity contribution in [3.8, 4) is 0 Å². The molecule has 0 saturated carbocycles. The van der Waals surface area contributed by atoms with Crippen molar-refractivity contribution in [3.05, 3.63) is 52.8 Å². The highest BCUT2D eigenvalue weighted by atomic mass is 15.2. The minimum absolute atomic E-state index is 0.356. The van der Waals surface area contributed by atoms with Crippen LogP contribution < -0.4 is 5.32 Å². The Hall–Kier alpha value is -1.61. The first-order valence-electron chi connectivity index (χ1n) is 6.88. The molecule has 0 radical (unpaired) electrons. The minimum Gasteiger partial charge on any atom is -0.310 e.